The molecule has 0 unspecified atom stereocenters. The number of aromatic nitrogens is 2. The smallest absolute Gasteiger partial charge is 0.275 e. The van der Waals surface area contributed by atoms with E-state index >= 15 is 0 Å². The van der Waals surface area contributed by atoms with Crippen molar-refractivity contribution in [3.05, 3.63) is 70.1 Å². The van der Waals surface area contributed by atoms with E-state index < -0.39 is 0 Å². The molecular formula is C19H19N3O3. The van der Waals surface area contributed by atoms with Crippen LogP contribution in [0.15, 0.2) is 53.3 Å². The van der Waals surface area contributed by atoms with Gasteiger partial charge < -0.3 is 10.1 Å². The Kier molecular flexibility index (Phi) is 4.79. The van der Waals surface area contributed by atoms with Gasteiger partial charge in [0.1, 0.15) is 12.3 Å². The minimum absolute atomic E-state index is 0.125. The van der Waals surface area contributed by atoms with Crippen LogP contribution in [0.3, 0.4) is 0 Å². The Hall–Kier alpha value is -3.15. The lowest BCUT2D eigenvalue weighted by molar-refractivity contribution is -0.122. The molecule has 128 valence electrons. The Morgan fingerprint density at radius 3 is 2.56 bits per heavy atom. The number of benzene rings is 2. The predicted octanol–water partition coefficient (Wildman–Crippen LogP) is 2.03. The SMILES string of the molecule is COc1ccccc1CNC(=O)Cn1nc(C)c2ccccc2c1=O. The van der Waals surface area contributed by atoms with Crippen molar-refractivity contribution in [2.75, 3.05) is 7.11 Å². The van der Waals surface area contributed by atoms with Crippen LogP contribution < -0.4 is 15.6 Å². The highest BCUT2D eigenvalue weighted by molar-refractivity contribution is 5.83. The molecule has 0 aliphatic heterocycles. The molecule has 0 aliphatic carbocycles. The Bertz CT molecular complexity index is 979. The van der Waals surface area contributed by atoms with E-state index in [4.69, 9.17) is 4.74 Å². The summed E-state index contributed by atoms with van der Waals surface area (Å²) in [6.45, 7) is 2.02. The fraction of sp³-hybridized carbons (Fsp3) is 0.211. The molecule has 3 rings (SSSR count). The van der Waals surface area contributed by atoms with Crippen LogP contribution in [0, 0.1) is 6.92 Å². The van der Waals surface area contributed by atoms with Gasteiger partial charge in [-0.3, -0.25) is 9.59 Å². The lowest BCUT2D eigenvalue weighted by Gasteiger charge is -2.11. The maximum absolute atomic E-state index is 12.5. The number of rotatable bonds is 5. The summed E-state index contributed by atoms with van der Waals surface area (Å²) in [5.41, 5.74) is 1.31. The summed E-state index contributed by atoms with van der Waals surface area (Å²) >= 11 is 0. The van der Waals surface area contributed by atoms with Crippen molar-refractivity contribution in [2.24, 2.45) is 0 Å². The second-order valence-electron chi connectivity index (χ2n) is 5.68. The van der Waals surface area contributed by atoms with Gasteiger partial charge in [-0.2, -0.15) is 5.10 Å². The second-order valence-corrected chi connectivity index (χ2v) is 5.68. The van der Waals surface area contributed by atoms with Crippen LogP contribution in [-0.2, 0) is 17.9 Å². The standard InChI is InChI=1S/C19H19N3O3/c1-13-15-8-4-5-9-16(15)19(24)22(21-13)12-18(23)20-11-14-7-3-6-10-17(14)25-2/h3-10H,11-12H2,1-2H3,(H,20,23). The first-order valence-electron chi connectivity index (χ1n) is 7.95. The van der Waals surface area contributed by atoms with Gasteiger partial charge in [-0.1, -0.05) is 36.4 Å². The second kappa shape index (κ2) is 7.17. The van der Waals surface area contributed by atoms with Crippen LogP contribution in [0.2, 0.25) is 0 Å². The first-order valence-corrected chi connectivity index (χ1v) is 7.95. The van der Waals surface area contributed by atoms with Crippen LogP contribution in [0.5, 0.6) is 5.75 Å². The highest BCUT2D eigenvalue weighted by Crippen LogP contribution is 2.16. The molecule has 0 spiro atoms. The normalized spacial score (nSPS) is 10.6. The lowest BCUT2D eigenvalue weighted by Crippen LogP contribution is -2.33. The summed E-state index contributed by atoms with van der Waals surface area (Å²) < 4.78 is 6.46. The van der Waals surface area contributed by atoms with E-state index in [1.54, 1.807) is 19.2 Å². The molecule has 0 atom stereocenters. The minimum atomic E-state index is -0.282. The molecule has 1 aromatic heterocycles. The van der Waals surface area contributed by atoms with Crippen molar-refractivity contribution in [3.63, 3.8) is 0 Å². The highest BCUT2D eigenvalue weighted by Gasteiger charge is 2.11. The molecule has 6 heteroatoms. The van der Waals surface area contributed by atoms with E-state index in [1.165, 1.54) is 4.68 Å². The molecule has 0 bridgehead atoms. The number of fused-ring (bicyclic) bond motifs is 1. The molecule has 25 heavy (non-hydrogen) atoms. The third-order valence-corrected chi connectivity index (χ3v) is 4.01. The number of nitrogens with one attached hydrogen (secondary N) is 1. The number of hydrogen-bond acceptors (Lipinski definition) is 4. The summed E-state index contributed by atoms with van der Waals surface area (Å²) in [6, 6.07) is 14.7. The van der Waals surface area contributed by atoms with Gasteiger partial charge in [-0.15, -0.1) is 0 Å². The van der Waals surface area contributed by atoms with Crippen LogP contribution >= 0.6 is 0 Å². The Morgan fingerprint density at radius 2 is 1.80 bits per heavy atom. The van der Waals surface area contributed by atoms with E-state index in [1.807, 2.05) is 43.3 Å². The van der Waals surface area contributed by atoms with E-state index in [2.05, 4.69) is 10.4 Å². The van der Waals surface area contributed by atoms with Crippen molar-refractivity contribution in [1.82, 2.24) is 15.1 Å². The largest absolute Gasteiger partial charge is 0.496 e. The summed E-state index contributed by atoms with van der Waals surface area (Å²) in [6.07, 6.45) is 0. The topological polar surface area (TPSA) is 73.2 Å². The summed E-state index contributed by atoms with van der Waals surface area (Å²) in [5, 5.41) is 8.41. The van der Waals surface area contributed by atoms with Crippen molar-refractivity contribution in [1.29, 1.82) is 0 Å². The van der Waals surface area contributed by atoms with Gasteiger partial charge in [-0.05, 0) is 19.1 Å². The number of para-hydroxylation sites is 1. The van der Waals surface area contributed by atoms with E-state index in [0.717, 1.165) is 10.9 Å². The molecule has 1 N–H and O–H groups in total. The zero-order valence-electron chi connectivity index (χ0n) is 14.2. The van der Waals surface area contributed by atoms with Crippen molar-refractivity contribution in [3.8, 4) is 5.75 Å². The third-order valence-electron chi connectivity index (χ3n) is 4.01. The Morgan fingerprint density at radius 1 is 1.12 bits per heavy atom. The van der Waals surface area contributed by atoms with E-state index in [-0.39, 0.29) is 18.0 Å². The van der Waals surface area contributed by atoms with Crippen molar-refractivity contribution < 1.29 is 9.53 Å². The molecule has 0 aliphatic rings. The zero-order valence-corrected chi connectivity index (χ0v) is 14.2. The fourth-order valence-electron chi connectivity index (χ4n) is 2.75. The summed E-state index contributed by atoms with van der Waals surface area (Å²) in [4.78, 5) is 24.7. The maximum atomic E-state index is 12.5. The highest BCUT2D eigenvalue weighted by atomic mass is 16.5. The van der Waals surface area contributed by atoms with Crippen molar-refractivity contribution >= 4 is 16.7 Å². The molecular weight excluding hydrogens is 318 g/mol. The quantitative estimate of drug-likeness (QED) is 0.773. The third kappa shape index (κ3) is 3.52. The number of ether oxygens (including phenoxy) is 1. The van der Waals surface area contributed by atoms with Gasteiger partial charge in [-0.25, -0.2) is 4.68 Å². The van der Waals surface area contributed by atoms with Gasteiger partial charge in [0.15, 0.2) is 0 Å². The van der Waals surface area contributed by atoms with Gasteiger partial charge in [0, 0.05) is 17.5 Å². The molecule has 0 saturated heterocycles. The van der Waals surface area contributed by atoms with Crippen molar-refractivity contribution in [2.45, 2.75) is 20.0 Å². The Balaban J connectivity index is 1.76. The number of aryl methyl sites for hydroxylation is 1. The van der Waals surface area contributed by atoms with Gasteiger partial charge >= 0.3 is 0 Å². The molecule has 6 nitrogen and oxygen atoms in total. The summed E-state index contributed by atoms with van der Waals surface area (Å²) in [5.74, 6) is 0.426. The number of amides is 1. The minimum Gasteiger partial charge on any atom is -0.496 e. The first-order chi connectivity index (χ1) is 12.1. The number of carbonyl (C=O) groups excluding carboxylic acids is 1. The molecule has 0 saturated carbocycles. The number of hydrogen-bond donors (Lipinski definition) is 1. The monoisotopic (exact) mass is 337 g/mol. The number of nitrogens with zero attached hydrogens (tertiary/aromatic N) is 2. The van der Waals surface area contributed by atoms with Gasteiger partial charge in [0.2, 0.25) is 5.91 Å². The molecule has 1 heterocycles. The van der Waals surface area contributed by atoms with Crippen LogP contribution in [0.1, 0.15) is 11.3 Å². The van der Waals surface area contributed by atoms with E-state index in [0.29, 0.717) is 23.4 Å². The van der Waals surface area contributed by atoms with Gasteiger partial charge in [0.05, 0.1) is 18.2 Å². The van der Waals surface area contributed by atoms with Crippen LogP contribution in [0.4, 0.5) is 0 Å². The van der Waals surface area contributed by atoms with Crippen LogP contribution in [0.25, 0.3) is 10.8 Å². The molecule has 1 amide bonds. The maximum Gasteiger partial charge on any atom is 0.275 e. The zero-order chi connectivity index (χ0) is 17.8. The average Bonchev–Trinajstić information content (AvgIpc) is 2.64. The molecule has 0 radical (unpaired) electrons. The average molecular weight is 337 g/mol. The molecule has 0 fully saturated rings. The lowest BCUT2D eigenvalue weighted by atomic mass is 10.1. The van der Waals surface area contributed by atoms with Crippen LogP contribution in [-0.4, -0.2) is 22.8 Å². The summed E-state index contributed by atoms with van der Waals surface area (Å²) in [7, 11) is 1.59. The Labute approximate surface area is 145 Å². The van der Waals surface area contributed by atoms with E-state index in [9.17, 15) is 9.59 Å². The fourth-order valence-corrected chi connectivity index (χ4v) is 2.75. The first kappa shape index (κ1) is 16.7. The predicted molar refractivity (Wildman–Crippen MR) is 95.6 cm³/mol. The van der Waals surface area contributed by atoms with Gasteiger partial charge in [0.25, 0.3) is 5.56 Å². The molecule has 3 aromatic rings. The number of methoxy groups -OCH3 is 1. The molecule has 2 aromatic carbocycles. The number of carbonyl (C=O) groups is 1.